The van der Waals surface area contributed by atoms with Gasteiger partial charge in [-0.3, -0.25) is 4.79 Å². The van der Waals surface area contributed by atoms with Gasteiger partial charge in [-0.05, 0) is 30.9 Å². The SMILES string of the molecule is CC(=O)c1c(C)c(C)c(C(C)C)n1C. The van der Waals surface area contributed by atoms with Gasteiger partial charge in [-0.1, -0.05) is 13.8 Å². The third kappa shape index (κ3) is 1.49. The number of ketones is 1. The number of hydrogen-bond acceptors (Lipinski definition) is 1. The summed E-state index contributed by atoms with van der Waals surface area (Å²) >= 11 is 0. The quantitative estimate of drug-likeness (QED) is 0.662. The van der Waals surface area contributed by atoms with E-state index in [1.54, 1.807) is 6.92 Å². The summed E-state index contributed by atoms with van der Waals surface area (Å²) in [5.41, 5.74) is 4.51. The molecule has 0 radical (unpaired) electrons. The van der Waals surface area contributed by atoms with Crippen molar-refractivity contribution < 1.29 is 4.79 Å². The maximum absolute atomic E-state index is 11.5. The van der Waals surface area contributed by atoms with E-state index in [0.29, 0.717) is 5.92 Å². The second-order valence-corrected chi connectivity index (χ2v) is 4.25. The van der Waals surface area contributed by atoms with Crippen LogP contribution in [0.15, 0.2) is 0 Å². The minimum Gasteiger partial charge on any atom is -0.345 e. The Morgan fingerprint density at radius 3 is 1.93 bits per heavy atom. The normalized spacial score (nSPS) is 11.1. The predicted molar refractivity (Wildman–Crippen MR) is 59.0 cm³/mol. The summed E-state index contributed by atoms with van der Waals surface area (Å²) < 4.78 is 2.04. The van der Waals surface area contributed by atoms with Gasteiger partial charge in [0.05, 0.1) is 5.69 Å². The van der Waals surface area contributed by atoms with E-state index in [4.69, 9.17) is 0 Å². The summed E-state index contributed by atoms with van der Waals surface area (Å²) in [5, 5.41) is 0. The van der Waals surface area contributed by atoms with Crippen LogP contribution in [-0.4, -0.2) is 10.4 Å². The molecule has 0 bridgehead atoms. The highest BCUT2D eigenvalue weighted by molar-refractivity contribution is 5.94. The van der Waals surface area contributed by atoms with E-state index in [1.807, 2.05) is 18.5 Å². The van der Waals surface area contributed by atoms with E-state index >= 15 is 0 Å². The lowest BCUT2D eigenvalue weighted by Gasteiger charge is -2.09. The first-order valence-corrected chi connectivity index (χ1v) is 5.04. The van der Waals surface area contributed by atoms with Crippen LogP contribution in [0.1, 0.15) is 54.0 Å². The molecule has 0 amide bonds. The number of Topliss-reactive ketones (excluding diaryl/α,β-unsaturated/α-hetero) is 1. The number of carbonyl (C=O) groups is 1. The molecular formula is C12H19NO. The lowest BCUT2D eigenvalue weighted by molar-refractivity contribution is 0.100. The van der Waals surface area contributed by atoms with E-state index in [2.05, 4.69) is 20.8 Å². The summed E-state index contributed by atoms with van der Waals surface area (Å²) in [5.74, 6) is 0.617. The van der Waals surface area contributed by atoms with Crippen molar-refractivity contribution in [3.63, 3.8) is 0 Å². The Kier molecular flexibility index (Phi) is 2.84. The van der Waals surface area contributed by atoms with Gasteiger partial charge in [-0.25, -0.2) is 0 Å². The van der Waals surface area contributed by atoms with Crippen LogP contribution in [0, 0.1) is 13.8 Å². The van der Waals surface area contributed by atoms with Gasteiger partial charge in [-0.2, -0.15) is 0 Å². The summed E-state index contributed by atoms with van der Waals surface area (Å²) in [6.45, 7) is 10.1. The standard InChI is InChI=1S/C12H19NO/c1-7(2)11-8(3)9(4)12(10(5)14)13(11)6/h7H,1-6H3. The average molecular weight is 193 g/mol. The highest BCUT2D eigenvalue weighted by Gasteiger charge is 2.19. The van der Waals surface area contributed by atoms with Gasteiger partial charge >= 0.3 is 0 Å². The van der Waals surface area contributed by atoms with Crippen LogP contribution in [0.25, 0.3) is 0 Å². The van der Waals surface area contributed by atoms with Crippen LogP contribution in [0.4, 0.5) is 0 Å². The Morgan fingerprint density at radius 1 is 1.21 bits per heavy atom. The van der Waals surface area contributed by atoms with Gasteiger partial charge in [-0.15, -0.1) is 0 Å². The number of nitrogens with zero attached hydrogens (tertiary/aromatic N) is 1. The Bertz CT molecular complexity index is 372. The topological polar surface area (TPSA) is 22.0 Å². The Balaban J connectivity index is 3.49. The van der Waals surface area contributed by atoms with Crippen molar-refractivity contribution in [2.75, 3.05) is 0 Å². The van der Waals surface area contributed by atoms with E-state index in [-0.39, 0.29) is 5.78 Å². The molecule has 0 atom stereocenters. The zero-order valence-electron chi connectivity index (χ0n) is 9.93. The maximum Gasteiger partial charge on any atom is 0.176 e. The van der Waals surface area contributed by atoms with Crippen molar-refractivity contribution in [2.24, 2.45) is 7.05 Å². The monoisotopic (exact) mass is 193 g/mol. The zero-order chi connectivity index (χ0) is 11.0. The maximum atomic E-state index is 11.5. The first-order chi connectivity index (χ1) is 6.37. The van der Waals surface area contributed by atoms with Crippen LogP contribution < -0.4 is 0 Å². The van der Waals surface area contributed by atoms with Gasteiger partial charge < -0.3 is 4.57 Å². The summed E-state index contributed by atoms with van der Waals surface area (Å²) in [6, 6.07) is 0. The first-order valence-electron chi connectivity index (χ1n) is 5.04. The van der Waals surface area contributed by atoms with E-state index in [9.17, 15) is 4.79 Å². The third-order valence-corrected chi connectivity index (χ3v) is 2.88. The van der Waals surface area contributed by atoms with Gasteiger partial charge in [0.2, 0.25) is 0 Å². The molecule has 14 heavy (non-hydrogen) atoms. The second kappa shape index (κ2) is 3.60. The fraction of sp³-hybridized carbons (Fsp3) is 0.583. The van der Waals surface area contributed by atoms with Crippen LogP contribution in [0.2, 0.25) is 0 Å². The van der Waals surface area contributed by atoms with Gasteiger partial charge in [0, 0.05) is 19.7 Å². The van der Waals surface area contributed by atoms with Crippen LogP contribution in [0.3, 0.4) is 0 Å². The van der Waals surface area contributed by atoms with Gasteiger partial charge in [0.1, 0.15) is 0 Å². The fourth-order valence-electron chi connectivity index (χ4n) is 2.31. The number of carbonyl (C=O) groups excluding carboxylic acids is 1. The minimum atomic E-state index is 0.153. The smallest absolute Gasteiger partial charge is 0.176 e. The fourth-order valence-corrected chi connectivity index (χ4v) is 2.31. The molecule has 2 heteroatoms. The molecule has 0 N–H and O–H groups in total. The average Bonchev–Trinajstić information content (AvgIpc) is 2.23. The third-order valence-electron chi connectivity index (χ3n) is 2.88. The molecule has 0 aliphatic carbocycles. The van der Waals surface area contributed by atoms with Gasteiger partial charge in [0.15, 0.2) is 5.78 Å². The molecule has 1 aromatic heterocycles. The summed E-state index contributed by atoms with van der Waals surface area (Å²) in [4.78, 5) is 11.5. The van der Waals surface area contributed by atoms with E-state index in [1.165, 1.54) is 11.3 Å². The van der Waals surface area contributed by atoms with Crippen LogP contribution in [-0.2, 0) is 7.05 Å². The zero-order valence-corrected chi connectivity index (χ0v) is 9.93. The van der Waals surface area contributed by atoms with Crippen molar-refractivity contribution in [1.82, 2.24) is 4.57 Å². The largest absolute Gasteiger partial charge is 0.345 e. The molecule has 78 valence electrons. The molecule has 0 fully saturated rings. The highest BCUT2D eigenvalue weighted by Crippen LogP contribution is 2.26. The predicted octanol–water partition coefficient (Wildman–Crippen LogP) is 2.97. The van der Waals surface area contributed by atoms with Crippen molar-refractivity contribution in [1.29, 1.82) is 0 Å². The molecule has 0 aliphatic heterocycles. The van der Waals surface area contributed by atoms with Crippen LogP contribution >= 0.6 is 0 Å². The molecule has 2 nitrogen and oxygen atoms in total. The van der Waals surface area contributed by atoms with Crippen molar-refractivity contribution in [2.45, 2.75) is 40.5 Å². The molecule has 0 aliphatic rings. The number of hydrogen-bond donors (Lipinski definition) is 0. The molecule has 1 heterocycles. The Hall–Kier alpha value is -1.05. The highest BCUT2D eigenvalue weighted by atomic mass is 16.1. The lowest BCUT2D eigenvalue weighted by Crippen LogP contribution is -2.06. The number of aromatic nitrogens is 1. The minimum absolute atomic E-state index is 0.153. The number of rotatable bonds is 2. The Labute approximate surface area is 85.9 Å². The second-order valence-electron chi connectivity index (χ2n) is 4.25. The Morgan fingerprint density at radius 2 is 1.71 bits per heavy atom. The van der Waals surface area contributed by atoms with E-state index in [0.717, 1.165) is 11.3 Å². The summed E-state index contributed by atoms with van der Waals surface area (Å²) in [6.07, 6.45) is 0. The van der Waals surface area contributed by atoms with Crippen molar-refractivity contribution in [3.05, 3.63) is 22.5 Å². The summed E-state index contributed by atoms with van der Waals surface area (Å²) in [7, 11) is 1.98. The molecule has 0 aromatic carbocycles. The molecule has 1 rings (SSSR count). The lowest BCUT2D eigenvalue weighted by atomic mass is 10.0. The molecule has 1 aromatic rings. The first kappa shape index (κ1) is 11.0. The molecular weight excluding hydrogens is 174 g/mol. The van der Waals surface area contributed by atoms with Gasteiger partial charge in [0.25, 0.3) is 0 Å². The van der Waals surface area contributed by atoms with Crippen molar-refractivity contribution in [3.8, 4) is 0 Å². The van der Waals surface area contributed by atoms with Crippen molar-refractivity contribution >= 4 is 5.78 Å². The molecule has 0 saturated heterocycles. The molecule has 0 spiro atoms. The van der Waals surface area contributed by atoms with Crippen LogP contribution in [0.5, 0.6) is 0 Å². The van der Waals surface area contributed by atoms with E-state index < -0.39 is 0 Å². The molecule has 0 unspecified atom stereocenters. The molecule has 0 saturated carbocycles.